The number of nitrogens with zero attached hydrogens (tertiary/aromatic N) is 1. The average molecular weight is 301 g/mol. The number of benzene rings is 1. The van der Waals surface area contributed by atoms with Crippen molar-refractivity contribution in [2.24, 2.45) is 11.7 Å². The first-order valence-corrected chi connectivity index (χ1v) is 6.80. The van der Waals surface area contributed by atoms with E-state index in [1.807, 2.05) is 6.07 Å². The predicted molar refractivity (Wildman–Crippen MR) is 71.2 cm³/mol. The van der Waals surface area contributed by atoms with Crippen LogP contribution in [0.15, 0.2) is 22.7 Å². The number of likely N-dealkylation sites (tertiary alicyclic amines) is 1. The van der Waals surface area contributed by atoms with Gasteiger partial charge in [-0.25, -0.2) is 4.39 Å². The highest BCUT2D eigenvalue weighted by Crippen LogP contribution is 2.31. The van der Waals surface area contributed by atoms with Crippen molar-refractivity contribution in [3.05, 3.63) is 34.1 Å². The minimum atomic E-state index is -0.216. The molecule has 1 aromatic carbocycles. The zero-order chi connectivity index (χ0) is 12.4. The van der Waals surface area contributed by atoms with E-state index in [9.17, 15) is 4.39 Å². The van der Waals surface area contributed by atoms with E-state index >= 15 is 0 Å². The molecule has 1 aliphatic heterocycles. The highest BCUT2D eigenvalue weighted by atomic mass is 79.9. The lowest BCUT2D eigenvalue weighted by molar-refractivity contribution is 0.243. The van der Waals surface area contributed by atoms with Crippen molar-refractivity contribution in [2.75, 3.05) is 19.6 Å². The summed E-state index contributed by atoms with van der Waals surface area (Å²) in [4.78, 5) is 2.39. The molecule has 1 saturated heterocycles. The molecule has 0 saturated carbocycles. The second-order valence-corrected chi connectivity index (χ2v) is 5.66. The van der Waals surface area contributed by atoms with Gasteiger partial charge in [-0.15, -0.1) is 0 Å². The Hall–Kier alpha value is -0.450. The van der Waals surface area contributed by atoms with E-state index in [2.05, 4.69) is 27.8 Å². The van der Waals surface area contributed by atoms with Crippen molar-refractivity contribution in [3.63, 3.8) is 0 Å². The molecule has 2 N–H and O–H groups in total. The fourth-order valence-corrected chi connectivity index (χ4v) is 3.11. The van der Waals surface area contributed by atoms with Gasteiger partial charge in [-0.1, -0.05) is 28.9 Å². The van der Waals surface area contributed by atoms with Crippen LogP contribution in [-0.2, 0) is 0 Å². The van der Waals surface area contributed by atoms with E-state index in [1.54, 1.807) is 0 Å². The van der Waals surface area contributed by atoms with Crippen LogP contribution in [0.25, 0.3) is 0 Å². The molecular weight excluding hydrogens is 283 g/mol. The van der Waals surface area contributed by atoms with Crippen molar-refractivity contribution >= 4 is 15.9 Å². The lowest BCUT2D eigenvalue weighted by Crippen LogP contribution is -2.32. The molecule has 0 bridgehead atoms. The normalized spacial score (nSPS) is 22.9. The highest BCUT2D eigenvalue weighted by molar-refractivity contribution is 9.10. The maximum absolute atomic E-state index is 13.1. The Morgan fingerprint density at radius 1 is 1.59 bits per heavy atom. The molecule has 2 unspecified atom stereocenters. The number of hydrogen-bond donors (Lipinski definition) is 1. The number of nitrogens with two attached hydrogens (primary N) is 1. The van der Waals surface area contributed by atoms with Crippen LogP contribution in [0.4, 0.5) is 4.39 Å². The molecule has 2 rings (SSSR count). The van der Waals surface area contributed by atoms with Gasteiger partial charge in [0.25, 0.3) is 0 Å². The molecule has 0 spiro atoms. The summed E-state index contributed by atoms with van der Waals surface area (Å²) in [7, 11) is 0. The third kappa shape index (κ3) is 2.87. The summed E-state index contributed by atoms with van der Waals surface area (Å²) in [6, 6.07) is 5.04. The van der Waals surface area contributed by atoms with Crippen LogP contribution < -0.4 is 5.73 Å². The minimum absolute atomic E-state index is 0.190. The van der Waals surface area contributed by atoms with E-state index in [0.29, 0.717) is 6.54 Å². The molecule has 1 heterocycles. The number of halogens is 2. The topological polar surface area (TPSA) is 29.3 Å². The van der Waals surface area contributed by atoms with Gasteiger partial charge in [0, 0.05) is 23.6 Å². The second kappa shape index (κ2) is 5.46. The Balaban J connectivity index is 2.23. The zero-order valence-corrected chi connectivity index (χ0v) is 11.6. The summed E-state index contributed by atoms with van der Waals surface area (Å²) in [5.41, 5.74) is 6.97. The molecule has 0 aliphatic carbocycles. The number of hydrogen-bond acceptors (Lipinski definition) is 2. The van der Waals surface area contributed by atoms with Gasteiger partial charge in [-0.05, 0) is 36.6 Å². The lowest BCUT2D eigenvalue weighted by Gasteiger charge is -2.27. The standard InChI is InChI=1S/C13H18BrFN2/c1-9-4-5-17(8-9)13(7-16)11-3-2-10(15)6-12(11)14/h2-3,6,9,13H,4-5,7-8,16H2,1H3. The first-order chi connectivity index (χ1) is 8.11. The molecule has 94 valence electrons. The highest BCUT2D eigenvalue weighted by Gasteiger charge is 2.27. The lowest BCUT2D eigenvalue weighted by atomic mass is 10.1. The van der Waals surface area contributed by atoms with Crippen LogP contribution >= 0.6 is 15.9 Å². The van der Waals surface area contributed by atoms with Crippen LogP contribution in [0.3, 0.4) is 0 Å². The quantitative estimate of drug-likeness (QED) is 0.930. The molecule has 17 heavy (non-hydrogen) atoms. The molecule has 2 atom stereocenters. The van der Waals surface area contributed by atoms with Crippen LogP contribution in [0.2, 0.25) is 0 Å². The molecule has 0 radical (unpaired) electrons. The first-order valence-electron chi connectivity index (χ1n) is 6.01. The zero-order valence-electron chi connectivity index (χ0n) is 10.00. The summed E-state index contributed by atoms with van der Waals surface area (Å²) in [6.07, 6.45) is 1.22. The van der Waals surface area contributed by atoms with E-state index in [1.165, 1.54) is 18.6 Å². The van der Waals surface area contributed by atoms with Gasteiger partial charge in [0.05, 0.1) is 0 Å². The van der Waals surface area contributed by atoms with Crippen LogP contribution in [0.5, 0.6) is 0 Å². The third-order valence-electron chi connectivity index (χ3n) is 3.44. The average Bonchev–Trinajstić information content (AvgIpc) is 2.69. The summed E-state index contributed by atoms with van der Waals surface area (Å²) < 4.78 is 13.9. The Morgan fingerprint density at radius 3 is 2.88 bits per heavy atom. The van der Waals surface area contributed by atoms with Crippen molar-refractivity contribution in [1.29, 1.82) is 0 Å². The molecule has 1 aromatic rings. The van der Waals surface area contributed by atoms with Gasteiger partial charge in [0.1, 0.15) is 5.82 Å². The minimum Gasteiger partial charge on any atom is -0.329 e. The molecule has 1 fully saturated rings. The molecular formula is C13H18BrFN2. The SMILES string of the molecule is CC1CCN(C(CN)c2ccc(F)cc2Br)C1. The summed E-state index contributed by atoms with van der Waals surface area (Å²) in [5, 5.41) is 0. The Kier molecular flexibility index (Phi) is 4.17. The first kappa shape index (κ1) is 13.0. The van der Waals surface area contributed by atoms with Gasteiger partial charge in [-0.3, -0.25) is 4.90 Å². The largest absolute Gasteiger partial charge is 0.329 e. The molecule has 4 heteroatoms. The van der Waals surface area contributed by atoms with Gasteiger partial charge >= 0.3 is 0 Å². The van der Waals surface area contributed by atoms with Crippen molar-refractivity contribution in [2.45, 2.75) is 19.4 Å². The Bertz CT molecular complexity index is 397. The fourth-order valence-electron chi connectivity index (χ4n) is 2.50. The third-order valence-corrected chi connectivity index (χ3v) is 4.13. The maximum atomic E-state index is 13.1. The Morgan fingerprint density at radius 2 is 2.35 bits per heavy atom. The smallest absolute Gasteiger partial charge is 0.124 e. The van der Waals surface area contributed by atoms with Crippen molar-refractivity contribution < 1.29 is 4.39 Å². The molecule has 2 nitrogen and oxygen atoms in total. The van der Waals surface area contributed by atoms with Crippen molar-refractivity contribution in [1.82, 2.24) is 4.90 Å². The van der Waals surface area contributed by atoms with E-state index in [4.69, 9.17) is 5.73 Å². The van der Waals surface area contributed by atoms with Gasteiger partial charge in [0.2, 0.25) is 0 Å². The fraction of sp³-hybridized carbons (Fsp3) is 0.538. The van der Waals surface area contributed by atoms with Crippen LogP contribution in [0, 0.1) is 11.7 Å². The summed E-state index contributed by atoms with van der Waals surface area (Å²) in [6.45, 7) is 4.97. The van der Waals surface area contributed by atoms with Gasteiger partial charge in [0.15, 0.2) is 0 Å². The van der Waals surface area contributed by atoms with E-state index in [0.717, 1.165) is 29.0 Å². The maximum Gasteiger partial charge on any atom is 0.124 e. The summed E-state index contributed by atoms with van der Waals surface area (Å²) >= 11 is 3.43. The second-order valence-electron chi connectivity index (χ2n) is 4.81. The van der Waals surface area contributed by atoms with E-state index < -0.39 is 0 Å². The summed E-state index contributed by atoms with van der Waals surface area (Å²) in [5.74, 6) is 0.509. The molecule has 0 aromatic heterocycles. The van der Waals surface area contributed by atoms with Crippen molar-refractivity contribution in [3.8, 4) is 0 Å². The monoisotopic (exact) mass is 300 g/mol. The van der Waals surface area contributed by atoms with Gasteiger partial charge in [-0.2, -0.15) is 0 Å². The van der Waals surface area contributed by atoms with Gasteiger partial charge < -0.3 is 5.73 Å². The van der Waals surface area contributed by atoms with E-state index in [-0.39, 0.29) is 11.9 Å². The number of rotatable bonds is 3. The predicted octanol–water partition coefficient (Wildman–Crippen LogP) is 2.93. The Labute approximate surface area is 110 Å². The molecule has 0 amide bonds. The molecule has 1 aliphatic rings. The van der Waals surface area contributed by atoms with Crippen LogP contribution in [0.1, 0.15) is 24.9 Å². The van der Waals surface area contributed by atoms with Crippen LogP contribution in [-0.4, -0.2) is 24.5 Å².